The molecule has 0 aliphatic heterocycles. The van der Waals surface area contributed by atoms with Gasteiger partial charge in [-0.25, -0.2) is 0 Å². The normalized spacial score (nSPS) is 12.2. The molecule has 2 heterocycles. The van der Waals surface area contributed by atoms with E-state index in [0.717, 1.165) is 0 Å². The molecule has 1 unspecified atom stereocenters. The number of halogens is 1. The first-order chi connectivity index (χ1) is 16.2. The quantitative estimate of drug-likeness (QED) is 0.397. The van der Waals surface area contributed by atoms with Crippen molar-refractivity contribution in [2.45, 2.75) is 32.9 Å². The van der Waals surface area contributed by atoms with Gasteiger partial charge in [0.15, 0.2) is 0 Å². The Labute approximate surface area is 200 Å². The van der Waals surface area contributed by atoms with Crippen LogP contribution in [-0.4, -0.2) is 43.8 Å². The molecule has 34 heavy (non-hydrogen) atoms. The molecule has 2 aromatic carbocycles. The van der Waals surface area contributed by atoms with Crippen LogP contribution >= 0.6 is 11.6 Å². The van der Waals surface area contributed by atoms with E-state index in [-0.39, 0.29) is 12.0 Å². The van der Waals surface area contributed by atoms with Crippen LogP contribution in [0.2, 0.25) is 5.02 Å². The number of carboxylic acid groups (broad SMARTS) is 1. The number of carbonyl (C=O) groups is 2. The molecule has 0 fully saturated rings. The Hall–Kier alpha value is -3.85. The van der Waals surface area contributed by atoms with Gasteiger partial charge in [0.25, 0.3) is 11.8 Å². The van der Waals surface area contributed by atoms with E-state index in [1.165, 1.54) is 6.92 Å². The molecule has 0 aliphatic carbocycles. The zero-order valence-electron chi connectivity index (χ0n) is 19.0. The molecule has 4 aromatic rings. The summed E-state index contributed by atoms with van der Waals surface area (Å²) in [6.45, 7) is 5.24. The zero-order valence-corrected chi connectivity index (χ0v) is 19.8. The van der Waals surface area contributed by atoms with E-state index in [4.69, 9.17) is 26.0 Å². The number of fused-ring (bicyclic) bond motifs is 1. The fourth-order valence-corrected chi connectivity index (χ4v) is 3.82. The lowest BCUT2D eigenvalue weighted by molar-refractivity contribution is -0.138. The van der Waals surface area contributed by atoms with Crippen molar-refractivity contribution in [3.8, 4) is 28.6 Å². The number of amides is 1. The van der Waals surface area contributed by atoms with Crippen molar-refractivity contribution in [1.29, 1.82) is 0 Å². The minimum absolute atomic E-state index is 0.0107. The van der Waals surface area contributed by atoms with Gasteiger partial charge >= 0.3 is 5.97 Å². The third-order valence-corrected chi connectivity index (χ3v) is 5.47. The van der Waals surface area contributed by atoms with E-state index in [9.17, 15) is 9.59 Å². The number of aryl methyl sites for hydroxylation is 1. The standard InChI is InChI=1S/C24H23ClN4O5/c1-12(2)33-19-9-8-14(10-18(19)25)23-27-21(28-34-23)16-7-5-6-15-17(11-29(4)20(15)16)22(30)26-13(3)24(31)32/h5-13H,1-4H3,(H,26,30)(H,31,32). The summed E-state index contributed by atoms with van der Waals surface area (Å²) < 4.78 is 12.9. The Balaban J connectivity index is 1.70. The molecule has 0 aliphatic rings. The first-order valence-corrected chi connectivity index (χ1v) is 11.0. The van der Waals surface area contributed by atoms with Crippen molar-refractivity contribution in [3.05, 3.63) is 53.2 Å². The maximum Gasteiger partial charge on any atom is 0.325 e. The van der Waals surface area contributed by atoms with Crippen molar-refractivity contribution in [3.63, 3.8) is 0 Å². The van der Waals surface area contributed by atoms with Gasteiger partial charge in [0.05, 0.1) is 22.2 Å². The summed E-state index contributed by atoms with van der Waals surface area (Å²) >= 11 is 6.34. The van der Waals surface area contributed by atoms with Crippen LogP contribution in [0.1, 0.15) is 31.1 Å². The number of aromatic nitrogens is 3. The molecule has 0 radical (unpaired) electrons. The second kappa shape index (κ2) is 9.18. The summed E-state index contributed by atoms with van der Waals surface area (Å²) in [5, 5.41) is 16.8. The third kappa shape index (κ3) is 4.47. The van der Waals surface area contributed by atoms with Crippen LogP contribution < -0.4 is 10.1 Å². The molecule has 0 saturated carbocycles. The molecule has 1 amide bonds. The summed E-state index contributed by atoms with van der Waals surface area (Å²) in [7, 11) is 1.79. The number of carboxylic acids is 1. The van der Waals surface area contributed by atoms with Crippen LogP contribution in [0.4, 0.5) is 0 Å². The lowest BCUT2D eigenvalue weighted by Crippen LogP contribution is -2.38. The molecule has 2 aromatic heterocycles. The van der Waals surface area contributed by atoms with Gasteiger partial charge in [-0.15, -0.1) is 0 Å². The number of para-hydroxylation sites is 1. The highest BCUT2D eigenvalue weighted by molar-refractivity contribution is 6.32. The fourth-order valence-electron chi connectivity index (χ4n) is 3.60. The van der Waals surface area contributed by atoms with Gasteiger partial charge in [-0.05, 0) is 45.0 Å². The maximum atomic E-state index is 12.7. The minimum Gasteiger partial charge on any atom is -0.489 e. The van der Waals surface area contributed by atoms with Crippen LogP contribution in [0, 0.1) is 0 Å². The lowest BCUT2D eigenvalue weighted by atomic mass is 10.1. The van der Waals surface area contributed by atoms with Crippen molar-refractivity contribution in [1.82, 2.24) is 20.0 Å². The summed E-state index contributed by atoms with van der Waals surface area (Å²) in [6, 6.07) is 9.61. The molecule has 10 heteroatoms. The topological polar surface area (TPSA) is 119 Å². The molecular weight excluding hydrogens is 460 g/mol. The molecule has 0 saturated heterocycles. The van der Waals surface area contributed by atoms with Gasteiger partial charge in [-0.3, -0.25) is 9.59 Å². The number of hydrogen-bond donors (Lipinski definition) is 2. The van der Waals surface area contributed by atoms with Gasteiger partial charge in [-0.1, -0.05) is 28.9 Å². The lowest BCUT2D eigenvalue weighted by Gasteiger charge is -2.11. The van der Waals surface area contributed by atoms with Crippen LogP contribution in [0.15, 0.2) is 47.1 Å². The maximum absolute atomic E-state index is 12.7. The number of aliphatic carboxylic acids is 1. The predicted molar refractivity (Wildman–Crippen MR) is 127 cm³/mol. The smallest absolute Gasteiger partial charge is 0.325 e. The minimum atomic E-state index is -1.11. The Morgan fingerprint density at radius 2 is 1.97 bits per heavy atom. The summed E-state index contributed by atoms with van der Waals surface area (Å²) in [6.07, 6.45) is 1.63. The monoisotopic (exact) mass is 482 g/mol. The summed E-state index contributed by atoms with van der Waals surface area (Å²) in [5.74, 6) is -0.405. The average molecular weight is 483 g/mol. The molecular formula is C24H23ClN4O5. The van der Waals surface area contributed by atoms with E-state index in [0.29, 0.717) is 44.2 Å². The first kappa shape index (κ1) is 23.3. The van der Waals surface area contributed by atoms with Crippen LogP contribution in [0.3, 0.4) is 0 Å². The SMILES string of the molecule is CC(C)Oc1ccc(-c2nc(-c3cccc4c(C(=O)NC(C)C(=O)O)cn(C)c34)no2)cc1Cl. The van der Waals surface area contributed by atoms with Crippen molar-refractivity contribution in [2.24, 2.45) is 7.05 Å². The number of carbonyl (C=O) groups excluding carboxylic acids is 1. The Morgan fingerprint density at radius 1 is 1.21 bits per heavy atom. The number of nitrogens with zero attached hydrogens (tertiary/aromatic N) is 3. The van der Waals surface area contributed by atoms with Gasteiger partial charge in [0, 0.05) is 29.8 Å². The molecule has 4 rings (SSSR count). The predicted octanol–water partition coefficient (Wildman–Crippen LogP) is 4.54. The van der Waals surface area contributed by atoms with Crippen LogP contribution in [0.25, 0.3) is 33.7 Å². The van der Waals surface area contributed by atoms with Gasteiger partial charge in [0.1, 0.15) is 11.8 Å². The Bertz CT molecular complexity index is 1390. The van der Waals surface area contributed by atoms with E-state index in [1.807, 2.05) is 19.9 Å². The van der Waals surface area contributed by atoms with E-state index < -0.39 is 17.9 Å². The number of ether oxygens (including phenoxy) is 1. The summed E-state index contributed by atoms with van der Waals surface area (Å²) in [4.78, 5) is 28.3. The van der Waals surface area contributed by atoms with Gasteiger partial charge in [-0.2, -0.15) is 4.98 Å². The molecule has 9 nitrogen and oxygen atoms in total. The van der Waals surface area contributed by atoms with Crippen molar-refractivity contribution in [2.75, 3.05) is 0 Å². The second-order valence-electron chi connectivity index (χ2n) is 8.12. The van der Waals surface area contributed by atoms with E-state index >= 15 is 0 Å². The highest BCUT2D eigenvalue weighted by atomic mass is 35.5. The molecule has 176 valence electrons. The Morgan fingerprint density at radius 3 is 2.65 bits per heavy atom. The first-order valence-electron chi connectivity index (χ1n) is 10.6. The average Bonchev–Trinajstić information content (AvgIpc) is 3.40. The van der Waals surface area contributed by atoms with Crippen LogP contribution in [-0.2, 0) is 11.8 Å². The van der Waals surface area contributed by atoms with E-state index in [2.05, 4.69) is 15.5 Å². The highest BCUT2D eigenvalue weighted by Gasteiger charge is 2.22. The molecule has 1 atom stereocenters. The number of benzene rings is 2. The number of nitrogens with one attached hydrogen (secondary N) is 1. The zero-order chi connectivity index (χ0) is 24.6. The molecule has 2 N–H and O–H groups in total. The largest absolute Gasteiger partial charge is 0.489 e. The number of rotatable bonds is 7. The van der Waals surface area contributed by atoms with Crippen LogP contribution in [0.5, 0.6) is 5.75 Å². The highest BCUT2D eigenvalue weighted by Crippen LogP contribution is 2.33. The van der Waals surface area contributed by atoms with Gasteiger partial charge < -0.3 is 24.3 Å². The van der Waals surface area contributed by atoms with Crippen molar-refractivity contribution < 1.29 is 24.0 Å². The van der Waals surface area contributed by atoms with Gasteiger partial charge in [0.2, 0.25) is 5.82 Å². The summed E-state index contributed by atoms with van der Waals surface area (Å²) in [5.41, 5.74) is 2.36. The second-order valence-corrected chi connectivity index (χ2v) is 8.53. The van der Waals surface area contributed by atoms with E-state index in [1.54, 1.807) is 48.1 Å². The fraction of sp³-hybridized carbons (Fsp3) is 0.250. The molecule has 0 spiro atoms. The number of hydrogen-bond acceptors (Lipinski definition) is 6. The van der Waals surface area contributed by atoms with Crippen molar-refractivity contribution >= 4 is 34.4 Å². The molecule has 0 bridgehead atoms. The third-order valence-electron chi connectivity index (χ3n) is 5.17. The Kier molecular flexibility index (Phi) is 6.30.